The Balaban J connectivity index is 3.00. The van der Waals surface area contributed by atoms with Crippen LogP contribution in [0.1, 0.15) is 6.92 Å². The summed E-state index contributed by atoms with van der Waals surface area (Å²) in [5.74, 6) is 0.852. The van der Waals surface area contributed by atoms with Crippen LogP contribution < -0.4 is 0 Å². The first-order valence-electron chi connectivity index (χ1n) is 3.62. The van der Waals surface area contributed by atoms with Crippen molar-refractivity contribution in [2.75, 3.05) is 5.75 Å². The molecule has 0 saturated carbocycles. The lowest BCUT2D eigenvalue weighted by atomic mass is 10.3. The van der Waals surface area contributed by atoms with Gasteiger partial charge in [0.15, 0.2) is 0 Å². The highest BCUT2D eigenvalue weighted by Crippen LogP contribution is 2.27. The number of nitro benzene ring substituents is 1. The fraction of sp³-hybridized carbons (Fsp3) is 0.250. The third-order valence-corrected chi connectivity index (χ3v) is 2.31. The molecule has 4 heteroatoms. The first kappa shape index (κ1) is 9.06. The van der Waals surface area contributed by atoms with Crippen LogP contribution in [-0.2, 0) is 0 Å². The molecule has 0 heterocycles. The molecular weight excluding hydrogens is 174 g/mol. The van der Waals surface area contributed by atoms with Gasteiger partial charge in [0.25, 0.3) is 5.69 Å². The van der Waals surface area contributed by atoms with Gasteiger partial charge in [0.1, 0.15) is 0 Å². The van der Waals surface area contributed by atoms with Crippen molar-refractivity contribution in [3.63, 3.8) is 0 Å². The number of hydrogen-bond acceptors (Lipinski definition) is 3. The maximum absolute atomic E-state index is 10.5. The Morgan fingerprint density at radius 2 is 2.17 bits per heavy atom. The molecule has 0 aromatic heterocycles. The molecule has 0 fully saturated rings. The van der Waals surface area contributed by atoms with E-state index in [0.29, 0.717) is 0 Å². The predicted octanol–water partition coefficient (Wildman–Crippen LogP) is 2.71. The summed E-state index contributed by atoms with van der Waals surface area (Å²) in [7, 11) is 0. The van der Waals surface area contributed by atoms with Crippen LogP contribution in [0.25, 0.3) is 0 Å². The van der Waals surface area contributed by atoms with Gasteiger partial charge < -0.3 is 0 Å². The number of para-hydroxylation sites is 1. The molecule has 0 aliphatic carbocycles. The molecule has 1 rings (SSSR count). The van der Waals surface area contributed by atoms with E-state index in [9.17, 15) is 10.1 Å². The van der Waals surface area contributed by atoms with E-state index in [1.54, 1.807) is 12.1 Å². The van der Waals surface area contributed by atoms with Gasteiger partial charge in [-0.05, 0) is 11.8 Å². The zero-order chi connectivity index (χ0) is 8.97. The van der Waals surface area contributed by atoms with Crippen molar-refractivity contribution in [1.82, 2.24) is 0 Å². The summed E-state index contributed by atoms with van der Waals surface area (Å²) in [5.41, 5.74) is 0.198. The minimum Gasteiger partial charge on any atom is -0.258 e. The topological polar surface area (TPSA) is 43.1 Å². The maximum atomic E-state index is 10.5. The van der Waals surface area contributed by atoms with E-state index in [1.165, 1.54) is 17.8 Å². The standard InChI is InChI=1S/C8H9NO2S/c1-2-12-8-6-4-3-5-7(8)9(10)11/h3-6H,2H2,1H3. The van der Waals surface area contributed by atoms with Gasteiger partial charge in [-0.2, -0.15) is 0 Å². The molecule has 0 unspecified atom stereocenters. The molecule has 64 valence electrons. The molecule has 0 N–H and O–H groups in total. The summed E-state index contributed by atoms with van der Waals surface area (Å²) < 4.78 is 0. The third-order valence-electron chi connectivity index (χ3n) is 1.36. The molecule has 12 heavy (non-hydrogen) atoms. The zero-order valence-electron chi connectivity index (χ0n) is 6.69. The van der Waals surface area contributed by atoms with E-state index in [2.05, 4.69) is 0 Å². The maximum Gasteiger partial charge on any atom is 0.282 e. The lowest BCUT2D eigenvalue weighted by Crippen LogP contribution is -1.89. The Morgan fingerprint density at radius 1 is 1.50 bits per heavy atom. The van der Waals surface area contributed by atoms with Crippen LogP contribution in [0.4, 0.5) is 5.69 Å². The van der Waals surface area contributed by atoms with Gasteiger partial charge in [0, 0.05) is 6.07 Å². The Kier molecular flexibility index (Phi) is 3.10. The highest BCUT2D eigenvalue weighted by atomic mass is 32.2. The Bertz CT molecular complexity index is 288. The summed E-state index contributed by atoms with van der Waals surface area (Å²) >= 11 is 1.49. The second-order valence-electron chi connectivity index (χ2n) is 2.16. The molecule has 0 atom stereocenters. The number of benzene rings is 1. The zero-order valence-corrected chi connectivity index (χ0v) is 7.50. The largest absolute Gasteiger partial charge is 0.282 e. The van der Waals surface area contributed by atoms with E-state index >= 15 is 0 Å². The van der Waals surface area contributed by atoms with Crippen molar-refractivity contribution in [2.45, 2.75) is 11.8 Å². The SMILES string of the molecule is CCSc1ccccc1[N+](=O)[O-]. The lowest BCUT2D eigenvalue weighted by molar-refractivity contribution is -0.387. The summed E-state index contributed by atoms with van der Waals surface area (Å²) in [4.78, 5) is 10.9. The van der Waals surface area contributed by atoms with Crippen molar-refractivity contribution in [3.8, 4) is 0 Å². The minimum absolute atomic E-state index is 0.198. The van der Waals surface area contributed by atoms with Crippen LogP contribution in [-0.4, -0.2) is 10.7 Å². The van der Waals surface area contributed by atoms with E-state index in [4.69, 9.17) is 0 Å². The first-order chi connectivity index (χ1) is 5.75. The van der Waals surface area contributed by atoms with Crippen molar-refractivity contribution in [3.05, 3.63) is 34.4 Å². The van der Waals surface area contributed by atoms with E-state index in [1.807, 2.05) is 13.0 Å². The number of hydrogen-bond donors (Lipinski definition) is 0. The van der Waals surface area contributed by atoms with Crippen LogP contribution in [0.2, 0.25) is 0 Å². The number of nitrogens with zero attached hydrogens (tertiary/aromatic N) is 1. The van der Waals surface area contributed by atoms with Gasteiger partial charge in [-0.25, -0.2) is 0 Å². The first-order valence-corrected chi connectivity index (χ1v) is 4.60. The molecule has 0 aliphatic heterocycles. The molecule has 0 bridgehead atoms. The molecule has 0 aliphatic rings. The van der Waals surface area contributed by atoms with Crippen molar-refractivity contribution in [2.24, 2.45) is 0 Å². The Morgan fingerprint density at radius 3 is 2.75 bits per heavy atom. The van der Waals surface area contributed by atoms with Gasteiger partial charge >= 0.3 is 0 Å². The number of rotatable bonds is 3. The molecule has 1 aromatic rings. The smallest absolute Gasteiger partial charge is 0.258 e. The fourth-order valence-electron chi connectivity index (χ4n) is 0.886. The second-order valence-corrected chi connectivity index (χ2v) is 3.46. The summed E-state index contributed by atoms with van der Waals surface area (Å²) in [6.07, 6.45) is 0. The van der Waals surface area contributed by atoms with E-state index < -0.39 is 0 Å². The highest BCUT2D eigenvalue weighted by Gasteiger charge is 2.10. The summed E-state index contributed by atoms with van der Waals surface area (Å²) in [6.45, 7) is 1.97. The van der Waals surface area contributed by atoms with Crippen molar-refractivity contribution >= 4 is 17.4 Å². The van der Waals surface area contributed by atoms with Gasteiger partial charge in [-0.15, -0.1) is 11.8 Å². The second kappa shape index (κ2) is 4.11. The molecular formula is C8H9NO2S. The normalized spacial score (nSPS) is 9.75. The van der Waals surface area contributed by atoms with Gasteiger partial charge in [-0.1, -0.05) is 19.1 Å². The number of nitro groups is 1. The minimum atomic E-state index is -0.349. The third kappa shape index (κ3) is 1.98. The average Bonchev–Trinajstić information content (AvgIpc) is 2.05. The van der Waals surface area contributed by atoms with Crippen molar-refractivity contribution in [1.29, 1.82) is 0 Å². The number of thioether (sulfide) groups is 1. The molecule has 1 aromatic carbocycles. The molecule has 0 radical (unpaired) electrons. The molecule has 0 spiro atoms. The Labute approximate surface area is 74.9 Å². The molecule has 0 saturated heterocycles. The van der Waals surface area contributed by atoms with Gasteiger partial charge in [0.05, 0.1) is 9.82 Å². The van der Waals surface area contributed by atoms with Crippen LogP contribution in [0.3, 0.4) is 0 Å². The van der Waals surface area contributed by atoms with Crippen LogP contribution >= 0.6 is 11.8 Å². The predicted molar refractivity (Wildman–Crippen MR) is 49.5 cm³/mol. The van der Waals surface area contributed by atoms with Crippen LogP contribution in [0.15, 0.2) is 29.2 Å². The monoisotopic (exact) mass is 183 g/mol. The molecule has 0 amide bonds. The summed E-state index contributed by atoms with van der Waals surface area (Å²) in [5, 5.41) is 10.5. The molecule has 3 nitrogen and oxygen atoms in total. The van der Waals surface area contributed by atoms with Gasteiger partial charge in [0.2, 0.25) is 0 Å². The van der Waals surface area contributed by atoms with Crippen molar-refractivity contribution < 1.29 is 4.92 Å². The van der Waals surface area contributed by atoms with E-state index in [-0.39, 0.29) is 10.6 Å². The van der Waals surface area contributed by atoms with Crippen LogP contribution in [0.5, 0.6) is 0 Å². The summed E-state index contributed by atoms with van der Waals surface area (Å²) in [6, 6.07) is 6.78. The van der Waals surface area contributed by atoms with Crippen LogP contribution in [0, 0.1) is 10.1 Å². The quantitative estimate of drug-likeness (QED) is 0.411. The average molecular weight is 183 g/mol. The van der Waals surface area contributed by atoms with E-state index in [0.717, 1.165) is 10.6 Å². The lowest BCUT2D eigenvalue weighted by Gasteiger charge is -1.98. The van der Waals surface area contributed by atoms with Gasteiger partial charge in [-0.3, -0.25) is 10.1 Å². The highest BCUT2D eigenvalue weighted by molar-refractivity contribution is 7.99. The fourth-order valence-corrected chi connectivity index (χ4v) is 1.66. The Hall–Kier alpha value is -1.03.